The Morgan fingerprint density at radius 3 is 2.16 bits per heavy atom. The second-order valence-corrected chi connectivity index (χ2v) is 3.81. The summed E-state index contributed by atoms with van der Waals surface area (Å²) in [7, 11) is 1.49. The van der Waals surface area contributed by atoms with Crippen molar-refractivity contribution in [1.29, 1.82) is 0 Å². The van der Waals surface area contributed by atoms with E-state index in [1.54, 1.807) is 26.8 Å². The van der Waals surface area contributed by atoms with Crippen molar-refractivity contribution in [2.75, 3.05) is 20.3 Å². The molecule has 0 atom stereocenters. The Bertz CT molecular complexity index is 479. The number of ether oxygens (including phenoxy) is 3. The molecule has 0 N–H and O–H groups in total. The summed E-state index contributed by atoms with van der Waals surface area (Å²) >= 11 is 0. The number of methoxy groups -OCH3 is 1. The number of carbonyl (C=O) groups is 2. The van der Waals surface area contributed by atoms with Crippen LogP contribution in [0.4, 0.5) is 0 Å². The molecule has 104 valence electrons. The zero-order valence-electron chi connectivity index (χ0n) is 11.6. The lowest BCUT2D eigenvalue weighted by molar-refractivity contribution is 0.0478. The smallest absolute Gasteiger partial charge is 0.339 e. The van der Waals surface area contributed by atoms with Gasteiger partial charge in [-0.25, -0.2) is 9.59 Å². The molecule has 0 saturated heterocycles. The number of benzene rings is 1. The second-order valence-electron chi connectivity index (χ2n) is 3.81. The summed E-state index contributed by atoms with van der Waals surface area (Å²) in [6.07, 6.45) is 0. The molecule has 0 aliphatic carbocycles. The lowest BCUT2D eigenvalue weighted by atomic mass is 10.0. The highest BCUT2D eigenvalue weighted by Crippen LogP contribution is 2.24. The van der Waals surface area contributed by atoms with E-state index >= 15 is 0 Å². The first-order valence-corrected chi connectivity index (χ1v) is 6.08. The molecule has 0 spiro atoms. The van der Waals surface area contributed by atoms with Gasteiger partial charge >= 0.3 is 11.9 Å². The average molecular weight is 266 g/mol. The third kappa shape index (κ3) is 3.47. The highest BCUT2D eigenvalue weighted by atomic mass is 16.5. The summed E-state index contributed by atoms with van der Waals surface area (Å²) < 4.78 is 15.0. The molecule has 0 amide bonds. The Kier molecular flexibility index (Phi) is 5.36. The third-order valence-corrected chi connectivity index (χ3v) is 2.52. The van der Waals surface area contributed by atoms with E-state index in [0.717, 1.165) is 0 Å². The van der Waals surface area contributed by atoms with Gasteiger partial charge in [0.2, 0.25) is 0 Å². The minimum atomic E-state index is -0.562. The summed E-state index contributed by atoms with van der Waals surface area (Å²) in [5.41, 5.74) is 0.999. The minimum Gasteiger partial charge on any atom is -0.497 e. The highest BCUT2D eigenvalue weighted by Gasteiger charge is 2.22. The van der Waals surface area contributed by atoms with Crippen LogP contribution in [0.5, 0.6) is 5.75 Å². The van der Waals surface area contributed by atoms with E-state index < -0.39 is 11.9 Å². The first kappa shape index (κ1) is 15.0. The summed E-state index contributed by atoms with van der Waals surface area (Å²) in [6, 6.07) is 3.16. The molecule has 0 bridgehead atoms. The molecule has 5 nitrogen and oxygen atoms in total. The zero-order valence-corrected chi connectivity index (χ0v) is 11.6. The quantitative estimate of drug-likeness (QED) is 0.765. The van der Waals surface area contributed by atoms with Gasteiger partial charge in [0.1, 0.15) is 5.75 Å². The van der Waals surface area contributed by atoms with Crippen LogP contribution in [-0.2, 0) is 9.47 Å². The van der Waals surface area contributed by atoms with Gasteiger partial charge in [0, 0.05) is 0 Å². The maximum Gasteiger partial charge on any atom is 0.339 e. The molecule has 0 fully saturated rings. The summed E-state index contributed by atoms with van der Waals surface area (Å²) in [5.74, 6) is -0.605. The Morgan fingerprint density at radius 2 is 1.63 bits per heavy atom. The second kappa shape index (κ2) is 6.78. The van der Waals surface area contributed by atoms with Crippen LogP contribution in [0.1, 0.15) is 40.1 Å². The fraction of sp³-hybridized carbons (Fsp3) is 0.429. The van der Waals surface area contributed by atoms with Crippen LogP contribution in [-0.4, -0.2) is 32.3 Å². The molecule has 0 aliphatic heterocycles. The molecule has 0 radical (unpaired) electrons. The van der Waals surface area contributed by atoms with Crippen molar-refractivity contribution in [3.63, 3.8) is 0 Å². The summed E-state index contributed by atoms with van der Waals surface area (Å²) in [6.45, 7) is 5.61. The molecule has 0 saturated carbocycles. The first-order valence-electron chi connectivity index (χ1n) is 6.08. The van der Waals surface area contributed by atoms with Gasteiger partial charge in [-0.05, 0) is 38.5 Å². The molecule has 0 heterocycles. The summed E-state index contributed by atoms with van der Waals surface area (Å²) in [4.78, 5) is 23.8. The lowest BCUT2D eigenvalue weighted by Crippen LogP contribution is -2.16. The third-order valence-electron chi connectivity index (χ3n) is 2.52. The molecule has 1 aromatic carbocycles. The monoisotopic (exact) mass is 266 g/mol. The molecule has 0 unspecified atom stereocenters. The maximum absolute atomic E-state index is 11.9. The molecule has 0 aromatic heterocycles. The fourth-order valence-corrected chi connectivity index (χ4v) is 1.72. The Morgan fingerprint density at radius 1 is 1.05 bits per heavy atom. The lowest BCUT2D eigenvalue weighted by Gasteiger charge is -2.12. The molecule has 5 heteroatoms. The molecular formula is C14H18O5. The Balaban J connectivity index is 3.33. The maximum atomic E-state index is 11.9. The molecule has 19 heavy (non-hydrogen) atoms. The van der Waals surface area contributed by atoms with E-state index in [4.69, 9.17) is 14.2 Å². The van der Waals surface area contributed by atoms with Gasteiger partial charge in [0.05, 0.1) is 31.5 Å². The van der Waals surface area contributed by atoms with Crippen LogP contribution in [0.15, 0.2) is 12.1 Å². The predicted octanol–water partition coefficient (Wildman–Crippen LogP) is 2.36. The standard InChI is InChI=1S/C14H18O5/c1-5-18-13(15)11-8-10(17-4)7-9(3)12(11)14(16)19-6-2/h7-8H,5-6H2,1-4H3. The van der Waals surface area contributed by atoms with Gasteiger partial charge in [-0.3, -0.25) is 0 Å². The van der Waals surface area contributed by atoms with Crippen LogP contribution in [0.3, 0.4) is 0 Å². The fourth-order valence-electron chi connectivity index (χ4n) is 1.72. The molecule has 0 aliphatic rings. The van der Waals surface area contributed by atoms with Crippen molar-refractivity contribution < 1.29 is 23.8 Å². The van der Waals surface area contributed by atoms with Crippen molar-refractivity contribution in [2.45, 2.75) is 20.8 Å². The number of hydrogen-bond acceptors (Lipinski definition) is 5. The van der Waals surface area contributed by atoms with Gasteiger partial charge in [0.15, 0.2) is 0 Å². The number of hydrogen-bond donors (Lipinski definition) is 0. The van der Waals surface area contributed by atoms with Gasteiger partial charge < -0.3 is 14.2 Å². The first-order chi connectivity index (χ1) is 9.04. The average Bonchev–Trinajstić information content (AvgIpc) is 2.38. The van der Waals surface area contributed by atoms with Crippen LogP contribution in [0, 0.1) is 6.92 Å². The van der Waals surface area contributed by atoms with Gasteiger partial charge in [-0.2, -0.15) is 0 Å². The number of aryl methyl sites for hydroxylation is 1. The normalized spacial score (nSPS) is 9.89. The van der Waals surface area contributed by atoms with Crippen molar-refractivity contribution >= 4 is 11.9 Å². The Labute approximate surface area is 112 Å². The van der Waals surface area contributed by atoms with E-state index in [2.05, 4.69) is 0 Å². The zero-order chi connectivity index (χ0) is 14.4. The molecule has 1 rings (SSSR count). The van der Waals surface area contributed by atoms with Crippen LogP contribution in [0.25, 0.3) is 0 Å². The Hall–Kier alpha value is -2.04. The van der Waals surface area contributed by atoms with Crippen molar-refractivity contribution in [1.82, 2.24) is 0 Å². The van der Waals surface area contributed by atoms with Crippen LogP contribution < -0.4 is 4.74 Å². The summed E-state index contributed by atoms with van der Waals surface area (Å²) in [5, 5.41) is 0. The van der Waals surface area contributed by atoms with Gasteiger partial charge in [-0.1, -0.05) is 0 Å². The predicted molar refractivity (Wildman–Crippen MR) is 69.6 cm³/mol. The number of carbonyl (C=O) groups excluding carboxylic acids is 2. The number of rotatable bonds is 5. The van der Waals surface area contributed by atoms with Gasteiger partial charge in [-0.15, -0.1) is 0 Å². The number of esters is 2. The van der Waals surface area contributed by atoms with Crippen molar-refractivity contribution in [2.24, 2.45) is 0 Å². The van der Waals surface area contributed by atoms with E-state index in [9.17, 15) is 9.59 Å². The van der Waals surface area contributed by atoms with Crippen LogP contribution in [0.2, 0.25) is 0 Å². The SMILES string of the molecule is CCOC(=O)c1cc(OC)cc(C)c1C(=O)OCC. The van der Waals surface area contributed by atoms with E-state index in [1.165, 1.54) is 13.2 Å². The van der Waals surface area contributed by atoms with Gasteiger partial charge in [0.25, 0.3) is 0 Å². The molecular weight excluding hydrogens is 248 g/mol. The highest BCUT2D eigenvalue weighted by molar-refractivity contribution is 6.04. The van der Waals surface area contributed by atoms with E-state index in [1.807, 2.05) is 0 Å². The van der Waals surface area contributed by atoms with Crippen molar-refractivity contribution in [3.05, 3.63) is 28.8 Å². The minimum absolute atomic E-state index is 0.164. The topological polar surface area (TPSA) is 61.8 Å². The van der Waals surface area contributed by atoms with Crippen molar-refractivity contribution in [3.8, 4) is 5.75 Å². The molecule has 1 aromatic rings. The van der Waals surface area contributed by atoms with E-state index in [0.29, 0.717) is 11.3 Å². The largest absolute Gasteiger partial charge is 0.497 e. The van der Waals surface area contributed by atoms with E-state index in [-0.39, 0.29) is 24.3 Å². The van der Waals surface area contributed by atoms with Crippen LogP contribution >= 0.6 is 0 Å².